The third-order valence-corrected chi connectivity index (χ3v) is 3.72. The van der Waals surface area contributed by atoms with Crippen LogP contribution in [0, 0.1) is 0 Å². The fourth-order valence-corrected chi connectivity index (χ4v) is 2.53. The SMILES string of the molecule is CN(Cc1ccoc1)Cc1cccc(C(=O)Nc2nccn2C)c1. The monoisotopic (exact) mass is 324 g/mol. The number of aryl methyl sites for hydroxylation is 1. The summed E-state index contributed by atoms with van der Waals surface area (Å²) in [6, 6.07) is 9.58. The molecule has 0 unspecified atom stereocenters. The van der Waals surface area contributed by atoms with Gasteiger partial charge in [-0.25, -0.2) is 4.98 Å². The third-order valence-electron chi connectivity index (χ3n) is 3.72. The number of nitrogens with zero attached hydrogens (tertiary/aromatic N) is 3. The quantitative estimate of drug-likeness (QED) is 0.757. The standard InChI is InChI=1S/C18H20N4O2/c1-21(12-15-6-9-24-13-15)11-14-4-3-5-16(10-14)17(23)20-18-19-7-8-22(18)2/h3-10,13H,11-12H2,1-2H3,(H,19,20,23). The number of nitrogens with one attached hydrogen (secondary N) is 1. The maximum Gasteiger partial charge on any atom is 0.257 e. The van der Waals surface area contributed by atoms with Crippen molar-refractivity contribution in [1.29, 1.82) is 0 Å². The number of carbonyl (C=O) groups is 1. The second-order valence-electron chi connectivity index (χ2n) is 5.82. The first-order chi connectivity index (χ1) is 11.6. The lowest BCUT2D eigenvalue weighted by molar-refractivity contribution is 0.102. The first-order valence-corrected chi connectivity index (χ1v) is 7.69. The molecule has 2 heterocycles. The van der Waals surface area contributed by atoms with Crippen molar-refractivity contribution in [2.24, 2.45) is 7.05 Å². The summed E-state index contributed by atoms with van der Waals surface area (Å²) in [4.78, 5) is 18.6. The van der Waals surface area contributed by atoms with Crippen molar-refractivity contribution < 1.29 is 9.21 Å². The highest BCUT2D eigenvalue weighted by molar-refractivity contribution is 6.03. The molecular formula is C18H20N4O2. The van der Waals surface area contributed by atoms with Crippen molar-refractivity contribution in [2.75, 3.05) is 12.4 Å². The predicted molar refractivity (Wildman–Crippen MR) is 91.5 cm³/mol. The molecule has 1 N–H and O–H groups in total. The summed E-state index contributed by atoms with van der Waals surface area (Å²) in [5, 5.41) is 2.81. The van der Waals surface area contributed by atoms with Crippen molar-refractivity contribution in [3.05, 3.63) is 71.9 Å². The van der Waals surface area contributed by atoms with E-state index in [-0.39, 0.29) is 5.91 Å². The van der Waals surface area contributed by atoms with Gasteiger partial charge in [-0.05, 0) is 30.8 Å². The molecule has 124 valence electrons. The molecule has 0 spiro atoms. The normalized spacial score (nSPS) is 11.0. The van der Waals surface area contributed by atoms with Gasteiger partial charge in [-0.15, -0.1) is 0 Å². The molecule has 0 aliphatic rings. The number of hydrogen-bond donors (Lipinski definition) is 1. The van der Waals surface area contributed by atoms with Gasteiger partial charge in [0, 0.05) is 43.7 Å². The Hall–Kier alpha value is -2.86. The third kappa shape index (κ3) is 3.91. The van der Waals surface area contributed by atoms with Crippen molar-refractivity contribution in [2.45, 2.75) is 13.1 Å². The number of hydrogen-bond acceptors (Lipinski definition) is 4. The van der Waals surface area contributed by atoms with Crippen LogP contribution in [0.4, 0.5) is 5.95 Å². The van der Waals surface area contributed by atoms with E-state index in [2.05, 4.69) is 15.2 Å². The number of amides is 1. The Morgan fingerprint density at radius 2 is 2.12 bits per heavy atom. The Kier molecular flexibility index (Phi) is 4.77. The maximum absolute atomic E-state index is 12.4. The Bertz CT molecular complexity index is 808. The fourth-order valence-electron chi connectivity index (χ4n) is 2.53. The first-order valence-electron chi connectivity index (χ1n) is 7.69. The molecule has 1 aromatic carbocycles. The molecule has 0 saturated carbocycles. The molecule has 1 amide bonds. The van der Waals surface area contributed by atoms with Gasteiger partial charge in [0.2, 0.25) is 5.95 Å². The highest BCUT2D eigenvalue weighted by Crippen LogP contribution is 2.12. The molecule has 3 rings (SSSR count). The van der Waals surface area contributed by atoms with Gasteiger partial charge in [0.25, 0.3) is 5.91 Å². The van der Waals surface area contributed by atoms with Gasteiger partial charge >= 0.3 is 0 Å². The highest BCUT2D eigenvalue weighted by atomic mass is 16.3. The summed E-state index contributed by atoms with van der Waals surface area (Å²) in [7, 11) is 3.87. The Labute approximate surface area is 140 Å². The molecule has 3 aromatic rings. The number of imidazole rings is 1. The lowest BCUT2D eigenvalue weighted by Gasteiger charge is -2.16. The smallest absolute Gasteiger partial charge is 0.257 e. The Morgan fingerprint density at radius 3 is 2.83 bits per heavy atom. The van der Waals surface area contributed by atoms with Crippen LogP contribution < -0.4 is 5.32 Å². The summed E-state index contributed by atoms with van der Waals surface area (Å²) >= 11 is 0. The number of anilines is 1. The minimum absolute atomic E-state index is 0.163. The maximum atomic E-state index is 12.4. The molecular weight excluding hydrogens is 304 g/mol. The summed E-state index contributed by atoms with van der Waals surface area (Å²) in [6.45, 7) is 1.54. The minimum Gasteiger partial charge on any atom is -0.472 e. The molecule has 0 saturated heterocycles. The van der Waals surface area contributed by atoms with E-state index in [1.54, 1.807) is 35.6 Å². The second kappa shape index (κ2) is 7.14. The van der Waals surface area contributed by atoms with E-state index in [0.29, 0.717) is 11.5 Å². The zero-order chi connectivity index (χ0) is 16.9. The molecule has 0 atom stereocenters. The largest absolute Gasteiger partial charge is 0.472 e. The van der Waals surface area contributed by atoms with Crippen molar-refractivity contribution >= 4 is 11.9 Å². The number of benzene rings is 1. The molecule has 2 aromatic heterocycles. The van der Waals surface area contributed by atoms with Crippen LogP contribution in [0.2, 0.25) is 0 Å². The number of carbonyl (C=O) groups excluding carboxylic acids is 1. The van der Waals surface area contributed by atoms with Gasteiger partial charge in [-0.2, -0.15) is 0 Å². The molecule has 0 aliphatic carbocycles. The molecule has 6 nitrogen and oxygen atoms in total. The van der Waals surface area contributed by atoms with Gasteiger partial charge in [-0.3, -0.25) is 15.0 Å². The van der Waals surface area contributed by atoms with Crippen LogP contribution >= 0.6 is 0 Å². The molecule has 0 fully saturated rings. The minimum atomic E-state index is -0.163. The van der Waals surface area contributed by atoms with Crippen LogP contribution in [-0.2, 0) is 20.1 Å². The summed E-state index contributed by atoms with van der Waals surface area (Å²) in [6.07, 6.45) is 6.85. The van der Waals surface area contributed by atoms with Crippen molar-refractivity contribution in [3.8, 4) is 0 Å². The van der Waals surface area contributed by atoms with Crippen molar-refractivity contribution in [3.63, 3.8) is 0 Å². The summed E-state index contributed by atoms with van der Waals surface area (Å²) < 4.78 is 6.85. The van der Waals surface area contributed by atoms with Gasteiger partial charge in [-0.1, -0.05) is 12.1 Å². The zero-order valence-electron chi connectivity index (χ0n) is 13.8. The second-order valence-corrected chi connectivity index (χ2v) is 5.82. The molecule has 0 radical (unpaired) electrons. The average Bonchev–Trinajstić information content (AvgIpc) is 3.20. The summed E-state index contributed by atoms with van der Waals surface area (Å²) in [5.74, 6) is 0.367. The fraction of sp³-hybridized carbons (Fsp3) is 0.222. The van der Waals surface area contributed by atoms with E-state index < -0.39 is 0 Å². The topological polar surface area (TPSA) is 63.3 Å². The number of aromatic nitrogens is 2. The van der Waals surface area contributed by atoms with Crippen LogP contribution in [0.15, 0.2) is 59.7 Å². The molecule has 24 heavy (non-hydrogen) atoms. The van der Waals surface area contributed by atoms with Crippen LogP contribution in [-0.4, -0.2) is 27.4 Å². The van der Waals surface area contributed by atoms with Crippen LogP contribution in [0.1, 0.15) is 21.5 Å². The predicted octanol–water partition coefficient (Wildman–Crippen LogP) is 2.90. The van der Waals surface area contributed by atoms with Crippen LogP contribution in [0.5, 0.6) is 0 Å². The van der Waals surface area contributed by atoms with E-state index in [4.69, 9.17) is 4.42 Å². The van der Waals surface area contributed by atoms with Gasteiger partial charge in [0.1, 0.15) is 0 Å². The van der Waals surface area contributed by atoms with E-state index in [1.165, 1.54) is 0 Å². The average molecular weight is 324 g/mol. The van der Waals surface area contributed by atoms with E-state index >= 15 is 0 Å². The first kappa shape index (κ1) is 16.0. The zero-order valence-corrected chi connectivity index (χ0v) is 13.8. The van der Waals surface area contributed by atoms with Gasteiger partial charge in [0.05, 0.1) is 12.5 Å². The van der Waals surface area contributed by atoms with E-state index in [0.717, 1.165) is 24.2 Å². The summed E-state index contributed by atoms with van der Waals surface area (Å²) in [5.41, 5.74) is 2.82. The van der Waals surface area contributed by atoms with Crippen LogP contribution in [0.25, 0.3) is 0 Å². The van der Waals surface area contributed by atoms with E-state index in [1.807, 2.05) is 38.4 Å². The lowest BCUT2D eigenvalue weighted by Crippen LogP contribution is -2.18. The highest BCUT2D eigenvalue weighted by Gasteiger charge is 2.10. The molecule has 0 aliphatic heterocycles. The van der Waals surface area contributed by atoms with Gasteiger partial charge in [0.15, 0.2) is 0 Å². The van der Waals surface area contributed by atoms with Crippen molar-refractivity contribution in [1.82, 2.24) is 14.5 Å². The van der Waals surface area contributed by atoms with Crippen LogP contribution in [0.3, 0.4) is 0 Å². The van der Waals surface area contributed by atoms with Gasteiger partial charge < -0.3 is 8.98 Å². The number of rotatable bonds is 6. The number of furan rings is 1. The molecule has 6 heteroatoms. The molecule has 0 bridgehead atoms. The van der Waals surface area contributed by atoms with E-state index in [9.17, 15) is 4.79 Å². The Balaban J connectivity index is 1.65. The lowest BCUT2D eigenvalue weighted by atomic mass is 10.1. The Morgan fingerprint density at radius 1 is 1.29 bits per heavy atom.